The van der Waals surface area contributed by atoms with E-state index in [2.05, 4.69) is 13.8 Å². The van der Waals surface area contributed by atoms with Gasteiger partial charge in [-0.25, -0.2) is 0 Å². The largest absolute Gasteiger partial charge is 0.393 e. The summed E-state index contributed by atoms with van der Waals surface area (Å²) in [6.07, 6.45) is 62.9. The Bertz CT molecular complexity index is 572. The van der Waals surface area contributed by atoms with Gasteiger partial charge in [0.15, 0.2) is 0 Å². The van der Waals surface area contributed by atoms with Gasteiger partial charge >= 0.3 is 0 Å². The van der Waals surface area contributed by atoms with Crippen LogP contribution in [0.25, 0.3) is 0 Å². The van der Waals surface area contributed by atoms with Crippen LogP contribution in [0.5, 0.6) is 0 Å². The second-order valence-electron chi connectivity index (χ2n) is 17.7. The summed E-state index contributed by atoms with van der Waals surface area (Å²) in [5, 5.41) is 10.7. The molecule has 1 aliphatic carbocycles. The monoisotopic (exact) mass is 703 g/mol. The number of unbranched alkanes of at least 4 members (excludes halogenated alkanes) is 31. The molecule has 0 saturated heterocycles. The van der Waals surface area contributed by atoms with Crippen molar-refractivity contribution in [3.05, 3.63) is 0 Å². The smallest absolute Gasteiger partial charge is 0.0542 e. The van der Waals surface area contributed by atoms with E-state index in [-0.39, 0.29) is 6.10 Å². The summed E-state index contributed by atoms with van der Waals surface area (Å²) in [6.45, 7) is 4.63. The lowest BCUT2D eigenvalue weighted by Gasteiger charge is -2.24. The van der Waals surface area contributed by atoms with E-state index in [0.717, 1.165) is 24.7 Å². The van der Waals surface area contributed by atoms with Crippen LogP contribution in [-0.4, -0.2) is 11.2 Å². The van der Waals surface area contributed by atoms with Crippen molar-refractivity contribution in [3.8, 4) is 0 Å². The lowest BCUT2D eigenvalue weighted by atomic mass is 9.84. The van der Waals surface area contributed by atoms with E-state index in [0.29, 0.717) is 0 Å². The van der Waals surface area contributed by atoms with Crippen molar-refractivity contribution in [2.45, 2.75) is 302 Å². The molecule has 1 aliphatic rings. The van der Waals surface area contributed by atoms with E-state index in [1.54, 1.807) is 0 Å². The zero-order valence-corrected chi connectivity index (χ0v) is 35.3. The third-order valence-corrected chi connectivity index (χ3v) is 12.7. The molecule has 0 bridgehead atoms. The molecule has 0 heterocycles. The first kappa shape index (κ1) is 48.0. The minimum atomic E-state index is -0.0304. The van der Waals surface area contributed by atoms with Crippen molar-refractivity contribution >= 4 is 0 Å². The molecule has 1 N–H and O–H groups in total. The summed E-state index contributed by atoms with van der Waals surface area (Å²) in [5.41, 5.74) is 0. The highest BCUT2D eigenvalue weighted by Gasteiger charge is 2.17. The Kier molecular flexibility index (Phi) is 38.5. The van der Waals surface area contributed by atoms with Crippen LogP contribution in [0, 0.1) is 11.8 Å². The maximum atomic E-state index is 10.7. The molecule has 0 aromatic rings. The van der Waals surface area contributed by atoms with Crippen LogP contribution >= 0.6 is 0 Å². The highest BCUT2D eigenvalue weighted by molar-refractivity contribution is 4.70. The maximum Gasteiger partial charge on any atom is 0.0542 e. The van der Waals surface area contributed by atoms with Crippen LogP contribution < -0.4 is 0 Å². The first-order valence-electron chi connectivity index (χ1n) is 24.4. The first-order chi connectivity index (χ1) is 24.8. The van der Waals surface area contributed by atoms with Crippen molar-refractivity contribution in [3.63, 3.8) is 0 Å². The second-order valence-corrected chi connectivity index (χ2v) is 17.7. The zero-order chi connectivity index (χ0) is 35.8. The Balaban J connectivity index is 2.09. The van der Waals surface area contributed by atoms with Crippen molar-refractivity contribution in [2.75, 3.05) is 0 Å². The number of aliphatic hydroxyl groups excluding tert-OH is 1. The quantitative estimate of drug-likeness (QED) is 0.0629. The standard InChI is InChI=1S/C49H98O/c1-3-5-7-9-11-13-15-17-19-21-23-25-27-29-31-34-40-47(42-38-39-45-49(50)46-48-43-36-33-37-44-48)41-35-32-30-28-26-24-22-20-18-16-14-12-10-8-6-4-2/h47-50H,3-46H2,1-2H3. The van der Waals surface area contributed by atoms with Crippen molar-refractivity contribution in [2.24, 2.45) is 11.8 Å². The minimum absolute atomic E-state index is 0.0304. The Morgan fingerprint density at radius 1 is 0.340 bits per heavy atom. The van der Waals surface area contributed by atoms with Crippen LogP contribution in [0.1, 0.15) is 296 Å². The lowest BCUT2D eigenvalue weighted by molar-refractivity contribution is 0.118. The molecule has 1 atom stereocenters. The average Bonchev–Trinajstić information content (AvgIpc) is 3.13. The van der Waals surface area contributed by atoms with Crippen molar-refractivity contribution < 1.29 is 5.11 Å². The summed E-state index contributed by atoms with van der Waals surface area (Å²) >= 11 is 0. The molecule has 0 aliphatic heterocycles. The van der Waals surface area contributed by atoms with Crippen LogP contribution in [0.2, 0.25) is 0 Å². The topological polar surface area (TPSA) is 20.2 Å². The fourth-order valence-corrected chi connectivity index (χ4v) is 9.13. The molecule has 300 valence electrons. The SMILES string of the molecule is CCCCCCCCCCCCCCCCCCC(CCCCCCCCCCCCCCCCCC)CCCCC(O)CC1CCCCC1. The van der Waals surface area contributed by atoms with Gasteiger partial charge in [-0.3, -0.25) is 0 Å². The van der Waals surface area contributed by atoms with Gasteiger partial charge in [0.05, 0.1) is 6.10 Å². The van der Waals surface area contributed by atoms with E-state index in [9.17, 15) is 5.11 Å². The molecule has 0 aromatic carbocycles. The number of rotatable bonds is 41. The fraction of sp³-hybridized carbons (Fsp3) is 1.00. The normalized spacial score (nSPS) is 14.6. The Labute approximate surface area is 318 Å². The second kappa shape index (κ2) is 40.2. The van der Waals surface area contributed by atoms with Crippen LogP contribution in [0.3, 0.4) is 0 Å². The summed E-state index contributed by atoms with van der Waals surface area (Å²) < 4.78 is 0. The predicted molar refractivity (Wildman–Crippen MR) is 227 cm³/mol. The van der Waals surface area contributed by atoms with Crippen molar-refractivity contribution in [1.82, 2.24) is 0 Å². The molecule has 50 heavy (non-hydrogen) atoms. The molecule has 0 radical (unpaired) electrons. The van der Waals surface area contributed by atoms with Gasteiger partial charge in [-0.05, 0) is 24.7 Å². The molecule has 0 amide bonds. The van der Waals surface area contributed by atoms with E-state index in [1.165, 1.54) is 270 Å². The Hall–Kier alpha value is -0.0400. The maximum absolute atomic E-state index is 10.7. The molecule has 1 fully saturated rings. The molecule has 0 aromatic heterocycles. The summed E-state index contributed by atoms with van der Waals surface area (Å²) in [5.74, 6) is 1.76. The summed E-state index contributed by atoms with van der Waals surface area (Å²) in [6, 6.07) is 0. The molecule has 1 heteroatoms. The minimum Gasteiger partial charge on any atom is -0.393 e. The van der Waals surface area contributed by atoms with E-state index >= 15 is 0 Å². The zero-order valence-electron chi connectivity index (χ0n) is 35.3. The van der Waals surface area contributed by atoms with E-state index in [1.807, 2.05) is 0 Å². The fourth-order valence-electron chi connectivity index (χ4n) is 9.13. The number of hydrogen-bond acceptors (Lipinski definition) is 1. The number of aliphatic hydroxyl groups is 1. The van der Waals surface area contributed by atoms with Crippen LogP contribution in [0.4, 0.5) is 0 Å². The van der Waals surface area contributed by atoms with Gasteiger partial charge in [0, 0.05) is 0 Å². The van der Waals surface area contributed by atoms with Gasteiger partial charge in [-0.15, -0.1) is 0 Å². The summed E-state index contributed by atoms with van der Waals surface area (Å²) in [7, 11) is 0. The van der Waals surface area contributed by atoms with E-state index < -0.39 is 0 Å². The van der Waals surface area contributed by atoms with Gasteiger partial charge < -0.3 is 5.11 Å². The third-order valence-electron chi connectivity index (χ3n) is 12.7. The third kappa shape index (κ3) is 35.0. The highest BCUT2D eigenvalue weighted by atomic mass is 16.3. The van der Waals surface area contributed by atoms with Gasteiger partial charge in [-0.1, -0.05) is 284 Å². The predicted octanol–water partition coefficient (Wildman–Crippen LogP) is 17.8. The molecular weight excluding hydrogens is 605 g/mol. The highest BCUT2D eigenvalue weighted by Crippen LogP contribution is 2.29. The molecule has 1 nitrogen and oxygen atoms in total. The summed E-state index contributed by atoms with van der Waals surface area (Å²) in [4.78, 5) is 0. The van der Waals surface area contributed by atoms with Crippen molar-refractivity contribution in [1.29, 1.82) is 0 Å². The molecule has 1 saturated carbocycles. The molecule has 1 unspecified atom stereocenters. The van der Waals surface area contributed by atoms with Gasteiger partial charge in [0.25, 0.3) is 0 Å². The Morgan fingerprint density at radius 3 is 0.920 bits per heavy atom. The van der Waals surface area contributed by atoms with Crippen LogP contribution in [-0.2, 0) is 0 Å². The average molecular weight is 703 g/mol. The van der Waals surface area contributed by atoms with Crippen LogP contribution in [0.15, 0.2) is 0 Å². The van der Waals surface area contributed by atoms with E-state index in [4.69, 9.17) is 0 Å². The van der Waals surface area contributed by atoms with Gasteiger partial charge in [0.1, 0.15) is 0 Å². The number of hydrogen-bond donors (Lipinski definition) is 1. The molecule has 1 rings (SSSR count). The lowest BCUT2D eigenvalue weighted by Crippen LogP contribution is -2.16. The van der Waals surface area contributed by atoms with Gasteiger partial charge in [0.2, 0.25) is 0 Å². The Morgan fingerprint density at radius 2 is 0.600 bits per heavy atom. The molecule has 0 spiro atoms. The first-order valence-corrected chi connectivity index (χ1v) is 24.4. The van der Waals surface area contributed by atoms with Gasteiger partial charge in [-0.2, -0.15) is 0 Å². The molecular formula is C49H98O.